The number of hydrogen-bond donors (Lipinski definition) is 1. The molecule has 138 valence electrons. The summed E-state index contributed by atoms with van der Waals surface area (Å²) < 4.78 is 10.8. The number of esters is 1. The van der Waals surface area contributed by atoms with E-state index in [9.17, 15) is 9.59 Å². The van der Waals surface area contributed by atoms with Crippen LogP contribution in [-0.4, -0.2) is 25.1 Å². The Kier molecular flexibility index (Phi) is 5.93. The molecule has 2 aromatic rings. The minimum atomic E-state index is -0.400. The van der Waals surface area contributed by atoms with Gasteiger partial charge in [-0.1, -0.05) is 19.1 Å². The van der Waals surface area contributed by atoms with Crippen LogP contribution >= 0.6 is 11.3 Å². The lowest BCUT2D eigenvalue weighted by molar-refractivity contribution is -0.117. The summed E-state index contributed by atoms with van der Waals surface area (Å²) >= 11 is 1.36. The van der Waals surface area contributed by atoms with Crippen molar-refractivity contribution in [2.24, 2.45) is 5.92 Å². The topological polar surface area (TPSA) is 64.6 Å². The highest BCUT2D eigenvalue weighted by molar-refractivity contribution is 7.15. The molecule has 6 heteroatoms. The van der Waals surface area contributed by atoms with Gasteiger partial charge in [0.15, 0.2) is 0 Å². The zero-order valence-electron chi connectivity index (χ0n) is 15.0. The number of anilines is 1. The maximum atomic E-state index is 12.6. The molecule has 0 radical (unpaired) electrons. The summed E-state index contributed by atoms with van der Waals surface area (Å²) in [4.78, 5) is 24.8. The number of hydrogen-bond acceptors (Lipinski definition) is 5. The molecular formula is C20H23NO4S. The summed E-state index contributed by atoms with van der Waals surface area (Å²) in [6.07, 6.45) is 2.58. The highest BCUT2D eigenvalue weighted by Crippen LogP contribution is 2.38. The number of carbonyl (C=O) groups is 2. The number of amides is 1. The first-order valence-electron chi connectivity index (χ1n) is 8.96. The second-order valence-corrected chi connectivity index (χ2v) is 7.09. The smallest absolute Gasteiger partial charge is 0.341 e. The molecule has 0 saturated heterocycles. The average Bonchev–Trinajstić information content (AvgIpc) is 3.42. The number of nitrogens with one attached hydrogen (secondary N) is 1. The first-order chi connectivity index (χ1) is 12.6. The van der Waals surface area contributed by atoms with Gasteiger partial charge in [0, 0.05) is 16.9 Å². The van der Waals surface area contributed by atoms with Crippen LogP contribution in [0.2, 0.25) is 0 Å². The Morgan fingerprint density at radius 1 is 1.19 bits per heavy atom. The predicted octanol–water partition coefficient (Wildman–Crippen LogP) is 4.73. The Morgan fingerprint density at radius 2 is 1.92 bits per heavy atom. The first-order valence-corrected chi connectivity index (χ1v) is 9.84. The molecule has 0 bridgehead atoms. The molecule has 5 nitrogen and oxygen atoms in total. The Bertz CT molecular complexity index is 778. The average molecular weight is 373 g/mol. The van der Waals surface area contributed by atoms with E-state index in [2.05, 4.69) is 5.32 Å². The quantitative estimate of drug-likeness (QED) is 0.680. The van der Waals surface area contributed by atoms with Gasteiger partial charge in [-0.05, 0) is 43.9 Å². The minimum Gasteiger partial charge on any atom is -0.494 e. The molecular weight excluding hydrogens is 350 g/mol. The van der Waals surface area contributed by atoms with Gasteiger partial charge in [-0.3, -0.25) is 4.79 Å². The fraction of sp³-hybridized carbons (Fsp3) is 0.400. The number of carbonyl (C=O) groups excluding carboxylic acids is 2. The molecule has 0 aliphatic heterocycles. The summed E-state index contributed by atoms with van der Waals surface area (Å²) in [5.41, 5.74) is 2.09. The van der Waals surface area contributed by atoms with Crippen molar-refractivity contribution >= 4 is 28.2 Å². The number of rotatable bonds is 8. The molecule has 3 rings (SSSR count). The fourth-order valence-corrected chi connectivity index (χ4v) is 3.55. The van der Waals surface area contributed by atoms with Gasteiger partial charge in [-0.15, -0.1) is 11.3 Å². The van der Waals surface area contributed by atoms with E-state index in [1.165, 1.54) is 11.3 Å². The molecule has 1 N–H and O–H groups in total. The van der Waals surface area contributed by atoms with Crippen molar-refractivity contribution in [3.63, 3.8) is 0 Å². The summed E-state index contributed by atoms with van der Waals surface area (Å²) in [7, 11) is 0. The standard InChI is InChI=1S/C20H23NO4S/c1-3-11-25-20(23)17-16(13-7-9-15(10-8-13)24-4-2)12-26-19(17)21-18(22)14-5-6-14/h7-10,12,14H,3-6,11H2,1-2H3,(H,21,22). The first kappa shape index (κ1) is 18.5. The van der Waals surface area contributed by atoms with Crippen LogP contribution < -0.4 is 10.1 Å². The summed E-state index contributed by atoms with van der Waals surface area (Å²) in [6, 6.07) is 7.58. The third-order valence-electron chi connectivity index (χ3n) is 4.09. The lowest BCUT2D eigenvalue weighted by Gasteiger charge is -2.10. The monoisotopic (exact) mass is 373 g/mol. The summed E-state index contributed by atoms with van der Waals surface area (Å²) in [5, 5.41) is 5.36. The molecule has 1 aromatic carbocycles. The van der Waals surface area contributed by atoms with Gasteiger partial charge in [0.2, 0.25) is 5.91 Å². The zero-order valence-corrected chi connectivity index (χ0v) is 15.9. The van der Waals surface area contributed by atoms with E-state index in [4.69, 9.17) is 9.47 Å². The van der Waals surface area contributed by atoms with Gasteiger partial charge in [0.25, 0.3) is 0 Å². The second kappa shape index (κ2) is 8.36. The Balaban J connectivity index is 1.91. The van der Waals surface area contributed by atoms with Crippen molar-refractivity contribution in [1.82, 2.24) is 0 Å². The number of benzene rings is 1. The van der Waals surface area contributed by atoms with Crippen molar-refractivity contribution < 1.29 is 19.1 Å². The maximum Gasteiger partial charge on any atom is 0.341 e. The van der Waals surface area contributed by atoms with Crippen LogP contribution in [0, 0.1) is 5.92 Å². The highest BCUT2D eigenvalue weighted by atomic mass is 32.1. The van der Waals surface area contributed by atoms with Gasteiger partial charge < -0.3 is 14.8 Å². The van der Waals surface area contributed by atoms with E-state index in [1.807, 2.05) is 43.5 Å². The van der Waals surface area contributed by atoms with Crippen LogP contribution in [0.1, 0.15) is 43.5 Å². The van der Waals surface area contributed by atoms with Gasteiger partial charge >= 0.3 is 5.97 Å². The maximum absolute atomic E-state index is 12.6. The van der Waals surface area contributed by atoms with E-state index in [-0.39, 0.29) is 11.8 Å². The van der Waals surface area contributed by atoms with Crippen molar-refractivity contribution in [1.29, 1.82) is 0 Å². The van der Waals surface area contributed by atoms with Crippen LogP contribution in [0.5, 0.6) is 5.75 Å². The molecule has 1 aliphatic carbocycles. The van der Waals surface area contributed by atoms with Crippen molar-refractivity contribution in [3.05, 3.63) is 35.2 Å². The lowest BCUT2D eigenvalue weighted by Crippen LogP contribution is -2.16. The Morgan fingerprint density at radius 3 is 2.54 bits per heavy atom. The largest absolute Gasteiger partial charge is 0.494 e. The lowest BCUT2D eigenvalue weighted by atomic mass is 10.0. The van der Waals surface area contributed by atoms with Crippen LogP contribution in [0.15, 0.2) is 29.6 Å². The van der Waals surface area contributed by atoms with Gasteiger partial charge in [-0.2, -0.15) is 0 Å². The van der Waals surface area contributed by atoms with Gasteiger partial charge in [0.05, 0.1) is 13.2 Å². The third-order valence-corrected chi connectivity index (χ3v) is 4.99. The summed E-state index contributed by atoms with van der Waals surface area (Å²) in [6.45, 7) is 4.84. The highest BCUT2D eigenvalue weighted by Gasteiger charge is 2.31. The third kappa shape index (κ3) is 4.25. The molecule has 1 aliphatic rings. The molecule has 1 aromatic heterocycles. The Labute approximate surface area is 157 Å². The van der Waals surface area contributed by atoms with E-state index in [0.29, 0.717) is 23.8 Å². The van der Waals surface area contributed by atoms with E-state index in [0.717, 1.165) is 36.1 Å². The van der Waals surface area contributed by atoms with Crippen molar-refractivity contribution in [2.45, 2.75) is 33.1 Å². The Hall–Kier alpha value is -2.34. The normalized spacial score (nSPS) is 13.3. The minimum absolute atomic E-state index is 0.0189. The predicted molar refractivity (Wildman–Crippen MR) is 103 cm³/mol. The molecule has 1 amide bonds. The van der Waals surface area contributed by atoms with Crippen LogP contribution in [0.25, 0.3) is 11.1 Å². The molecule has 1 fully saturated rings. The van der Waals surface area contributed by atoms with E-state index in [1.54, 1.807) is 0 Å². The SMILES string of the molecule is CCCOC(=O)c1c(-c2ccc(OCC)cc2)csc1NC(=O)C1CC1. The van der Waals surface area contributed by atoms with Gasteiger partial charge in [0.1, 0.15) is 16.3 Å². The van der Waals surface area contributed by atoms with Crippen molar-refractivity contribution in [3.8, 4) is 16.9 Å². The fourth-order valence-electron chi connectivity index (χ4n) is 2.59. The molecule has 26 heavy (non-hydrogen) atoms. The second-order valence-electron chi connectivity index (χ2n) is 6.21. The van der Waals surface area contributed by atoms with Crippen LogP contribution in [-0.2, 0) is 9.53 Å². The molecule has 0 unspecified atom stereocenters. The molecule has 1 heterocycles. The number of thiophene rings is 1. The molecule has 1 saturated carbocycles. The zero-order chi connectivity index (χ0) is 18.5. The van der Waals surface area contributed by atoms with Gasteiger partial charge in [-0.25, -0.2) is 4.79 Å². The van der Waals surface area contributed by atoms with E-state index < -0.39 is 5.97 Å². The van der Waals surface area contributed by atoms with Crippen LogP contribution in [0.4, 0.5) is 5.00 Å². The van der Waals surface area contributed by atoms with Crippen molar-refractivity contribution in [2.75, 3.05) is 18.5 Å². The summed E-state index contributed by atoms with van der Waals surface area (Å²) in [5.74, 6) is 0.437. The molecule has 0 spiro atoms. The van der Waals surface area contributed by atoms with Crippen LogP contribution in [0.3, 0.4) is 0 Å². The van der Waals surface area contributed by atoms with E-state index >= 15 is 0 Å². The molecule has 0 atom stereocenters. The number of ether oxygens (including phenoxy) is 2.